The molecule has 3 N–H and O–H groups in total. The lowest BCUT2D eigenvalue weighted by atomic mass is 10.0. The molecule has 1 atom stereocenters. The summed E-state index contributed by atoms with van der Waals surface area (Å²) in [6.07, 6.45) is 2.16. The van der Waals surface area contributed by atoms with Gasteiger partial charge in [-0.15, -0.1) is 12.4 Å². The molecule has 0 aromatic heterocycles. The molecule has 1 saturated heterocycles. The number of carbonyl (C=O) groups is 1. The van der Waals surface area contributed by atoms with Gasteiger partial charge in [0.1, 0.15) is 6.04 Å². The molecule has 1 amide bonds. The van der Waals surface area contributed by atoms with E-state index in [9.17, 15) is 13.2 Å². The molecule has 1 fully saturated rings. The summed E-state index contributed by atoms with van der Waals surface area (Å²) in [4.78, 5) is 12.4. The van der Waals surface area contributed by atoms with Crippen LogP contribution in [0.25, 0.3) is 0 Å². The topological polar surface area (TPSA) is 92.5 Å². The van der Waals surface area contributed by atoms with Crippen LogP contribution in [0.3, 0.4) is 0 Å². The fraction of sp³-hybridized carbons (Fsp3) is 0.500. The van der Waals surface area contributed by atoms with Gasteiger partial charge in [-0.3, -0.25) is 4.79 Å². The maximum atomic E-state index is 12.7. The molecule has 0 spiro atoms. The highest BCUT2D eigenvalue weighted by molar-refractivity contribution is 7.89. The third-order valence-corrected chi connectivity index (χ3v) is 5.47. The van der Waals surface area contributed by atoms with Crippen molar-refractivity contribution in [2.75, 3.05) is 19.6 Å². The lowest BCUT2D eigenvalue weighted by Gasteiger charge is -2.33. The second-order valence-electron chi connectivity index (χ2n) is 5.02. The van der Waals surface area contributed by atoms with Crippen molar-refractivity contribution in [3.8, 4) is 0 Å². The summed E-state index contributed by atoms with van der Waals surface area (Å²) in [6.45, 7) is 1.07. The molecule has 1 heterocycles. The van der Waals surface area contributed by atoms with Crippen LogP contribution in [0.15, 0.2) is 35.2 Å². The molecule has 0 bridgehead atoms. The summed E-state index contributed by atoms with van der Waals surface area (Å²) in [6, 6.07) is 7.59. The van der Waals surface area contributed by atoms with Crippen molar-refractivity contribution in [2.45, 2.75) is 30.2 Å². The first kappa shape index (κ1) is 18.9. The highest BCUT2D eigenvalue weighted by Gasteiger charge is 2.37. The standard InChI is InChI=1S/C14H21N3O3S.ClH/c15-9-10-16-14(18)13-8-4-5-11-17(13)21(19,20)12-6-2-1-3-7-12;/h1-3,6-7,13H,4-5,8-11,15H2,(H,16,18);1H. The number of amides is 1. The van der Waals surface area contributed by atoms with Gasteiger partial charge in [-0.2, -0.15) is 4.31 Å². The Morgan fingerprint density at radius 3 is 2.59 bits per heavy atom. The first-order valence-corrected chi connectivity index (χ1v) is 8.56. The largest absolute Gasteiger partial charge is 0.353 e. The molecular weight excluding hydrogens is 326 g/mol. The van der Waals surface area contributed by atoms with Gasteiger partial charge in [0.2, 0.25) is 15.9 Å². The van der Waals surface area contributed by atoms with E-state index in [0.29, 0.717) is 26.1 Å². The maximum Gasteiger partial charge on any atom is 0.243 e. The Labute approximate surface area is 137 Å². The van der Waals surface area contributed by atoms with Crippen LogP contribution in [0.4, 0.5) is 0 Å². The zero-order valence-electron chi connectivity index (χ0n) is 12.3. The van der Waals surface area contributed by atoms with Crippen molar-refractivity contribution in [3.05, 3.63) is 30.3 Å². The van der Waals surface area contributed by atoms with Gasteiger partial charge >= 0.3 is 0 Å². The zero-order valence-corrected chi connectivity index (χ0v) is 13.9. The van der Waals surface area contributed by atoms with Gasteiger partial charge in [-0.25, -0.2) is 8.42 Å². The Hall–Kier alpha value is -1.15. The van der Waals surface area contributed by atoms with Crippen molar-refractivity contribution in [1.82, 2.24) is 9.62 Å². The Morgan fingerprint density at radius 1 is 1.27 bits per heavy atom. The molecule has 1 aromatic carbocycles. The highest BCUT2D eigenvalue weighted by atomic mass is 35.5. The van der Waals surface area contributed by atoms with Gasteiger partial charge in [0, 0.05) is 19.6 Å². The quantitative estimate of drug-likeness (QED) is 0.821. The second kappa shape index (κ2) is 8.47. The van der Waals surface area contributed by atoms with Crippen molar-refractivity contribution in [2.24, 2.45) is 5.73 Å². The van der Waals surface area contributed by atoms with Gasteiger partial charge in [0.05, 0.1) is 4.90 Å². The van der Waals surface area contributed by atoms with Crippen molar-refractivity contribution in [3.63, 3.8) is 0 Å². The van der Waals surface area contributed by atoms with E-state index in [1.807, 2.05) is 0 Å². The molecule has 0 saturated carbocycles. The third-order valence-electron chi connectivity index (χ3n) is 3.55. The molecule has 0 radical (unpaired) electrons. The van der Waals surface area contributed by atoms with Gasteiger partial charge in [0.25, 0.3) is 0 Å². The van der Waals surface area contributed by atoms with Gasteiger partial charge < -0.3 is 11.1 Å². The van der Waals surface area contributed by atoms with Crippen LogP contribution in [-0.2, 0) is 14.8 Å². The summed E-state index contributed by atoms with van der Waals surface area (Å²) < 4.78 is 26.7. The van der Waals surface area contributed by atoms with E-state index in [0.717, 1.165) is 12.8 Å². The lowest BCUT2D eigenvalue weighted by Crippen LogP contribution is -2.52. The number of carbonyl (C=O) groups excluding carboxylic acids is 1. The lowest BCUT2D eigenvalue weighted by molar-refractivity contribution is -0.125. The molecule has 1 aliphatic rings. The van der Waals surface area contributed by atoms with E-state index in [-0.39, 0.29) is 23.2 Å². The van der Waals surface area contributed by atoms with Crippen molar-refractivity contribution >= 4 is 28.3 Å². The van der Waals surface area contributed by atoms with Crippen LogP contribution >= 0.6 is 12.4 Å². The third kappa shape index (κ3) is 4.19. The van der Waals surface area contributed by atoms with E-state index in [1.165, 1.54) is 4.31 Å². The highest BCUT2D eigenvalue weighted by Crippen LogP contribution is 2.25. The minimum Gasteiger partial charge on any atom is -0.353 e. The molecular formula is C14H22ClN3O3S. The number of sulfonamides is 1. The van der Waals surface area contributed by atoms with E-state index in [4.69, 9.17) is 5.73 Å². The number of piperidine rings is 1. The molecule has 1 aromatic rings. The van der Waals surface area contributed by atoms with Crippen LogP contribution < -0.4 is 11.1 Å². The van der Waals surface area contributed by atoms with E-state index < -0.39 is 16.1 Å². The Bertz CT molecular complexity index is 580. The molecule has 1 aliphatic heterocycles. The van der Waals surface area contributed by atoms with Crippen LogP contribution in [0.1, 0.15) is 19.3 Å². The molecule has 6 nitrogen and oxygen atoms in total. The average molecular weight is 348 g/mol. The monoisotopic (exact) mass is 347 g/mol. The Kier molecular flexibility index (Phi) is 7.28. The molecule has 8 heteroatoms. The van der Waals surface area contributed by atoms with E-state index in [1.54, 1.807) is 30.3 Å². The van der Waals surface area contributed by atoms with Crippen LogP contribution in [0, 0.1) is 0 Å². The average Bonchev–Trinajstić information content (AvgIpc) is 2.53. The first-order valence-electron chi connectivity index (χ1n) is 7.12. The summed E-state index contributed by atoms with van der Waals surface area (Å²) in [7, 11) is -3.64. The van der Waals surface area contributed by atoms with Gasteiger partial charge in [-0.05, 0) is 25.0 Å². The van der Waals surface area contributed by atoms with Gasteiger partial charge in [-0.1, -0.05) is 24.6 Å². The van der Waals surface area contributed by atoms with Crippen LogP contribution in [-0.4, -0.2) is 44.3 Å². The summed E-state index contributed by atoms with van der Waals surface area (Å²) in [5.74, 6) is -0.264. The number of rotatable bonds is 5. The Balaban J connectivity index is 0.00000242. The van der Waals surface area contributed by atoms with Gasteiger partial charge in [0.15, 0.2) is 0 Å². The number of nitrogens with two attached hydrogens (primary N) is 1. The van der Waals surface area contributed by atoms with Crippen LogP contribution in [0.5, 0.6) is 0 Å². The minimum absolute atomic E-state index is 0. The number of halogens is 1. The maximum absolute atomic E-state index is 12.7. The smallest absolute Gasteiger partial charge is 0.243 e. The SMILES string of the molecule is Cl.NCCNC(=O)C1CCCCN1S(=O)(=O)c1ccccc1. The zero-order chi connectivity index (χ0) is 15.3. The summed E-state index contributed by atoms with van der Waals surface area (Å²) in [5.41, 5.74) is 5.37. The van der Waals surface area contributed by atoms with E-state index in [2.05, 4.69) is 5.32 Å². The molecule has 0 aliphatic carbocycles. The molecule has 124 valence electrons. The van der Waals surface area contributed by atoms with Crippen LogP contribution in [0.2, 0.25) is 0 Å². The molecule has 2 rings (SSSR count). The molecule has 22 heavy (non-hydrogen) atoms. The predicted octanol–water partition coefficient (Wildman–Crippen LogP) is 0.726. The summed E-state index contributed by atoms with van der Waals surface area (Å²) >= 11 is 0. The number of hydrogen-bond acceptors (Lipinski definition) is 4. The predicted molar refractivity (Wildman–Crippen MR) is 87.3 cm³/mol. The molecule has 1 unspecified atom stereocenters. The number of nitrogens with zero attached hydrogens (tertiary/aromatic N) is 1. The van der Waals surface area contributed by atoms with Crippen molar-refractivity contribution < 1.29 is 13.2 Å². The number of nitrogens with one attached hydrogen (secondary N) is 1. The van der Waals surface area contributed by atoms with Crippen molar-refractivity contribution in [1.29, 1.82) is 0 Å². The summed E-state index contributed by atoms with van der Waals surface area (Å²) in [5, 5.41) is 2.69. The van der Waals surface area contributed by atoms with E-state index >= 15 is 0 Å². The Morgan fingerprint density at radius 2 is 1.95 bits per heavy atom. The number of hydrogen-bond donors (Lipinski definition) is 2. The fourth-order valence-corrected chi connectivity index (χ4v) is 4.17. The number of benzene rings is 1. The first-order chi connectivity index (χ1) is 10.1. The normalized spacial score (nSPS) is 19.2. The second-order valence-corrected chi connectivity index (χ2v) is 6.91. The fourth-order valence-electron chi connectivity index (χ4n) is 2.50. The minimum atomic E-state index is -3.64.